The lowest BCUT2D eigenvalue weighted by atomic mass is 10.1. The molecule has 0 aliphatic rings. The minimum Gasteiger partial charge on any atom is -0.465 e. The molecular formula is C19H15ClN4O4S. The van der Waals surface area contributed by atoms with E-state index in [9.17, 15) is 18.5 Å². The second kappa shape index (κ2) is 8.34. The Labute approximate surface area is 172 Å². The molecule has 0 fully saturated rings. The predicted octanol–water partition coefficient (Wildman–Crippen LogP) is 3.12. The summed E-state index contributed by atoms with van der Waals surface area (Å²) in [5.41, 5.74) is 1.21. The summed E-state index contributed by atoms with van der Waals surface area (Å²) in [7, 11) is -4.08. The number of halogens is 1. The van der Waals surface area contributed by atoms with E-state index < -0.39 is 16.1 Å². The minimum atomic E-state index is -4.08. The number of carbonyl (C=O) groups is 1. The van der Waals surface area contributed by atoms with E-state index in [1.807, 2.05) is 6.07 Å². The molecule has 1 aromatic carbocycles. The van der Waals surface area contributed by atoms with Crippen LogP contribution in [0.15, 0.2) is 59.8 Å². The quantitative estimate of drug-likeness (QED) is 0.618. The lowest BCUT2D eigenvalue weighted by Gasteiger charge is -2.12. The first-order chi connectivity index (χ1) is 13.8. The van der Waals surface area contributed by atoms with E-state index in [0.717, 1.165) is 3.97 Å². The number of nitriles is 1. The summed E-state index contributed by atoms with van der Waals surface area (Å²) in [6.07, 6.45) is 1.92. The van der Waals surface area contributed by atoms with Gasteiger partial charge in [0.2, 0.25) is 0 Å². The number of aromatic nitrogens is 2. The maximum Gasteiger partial charge on any atom is 0.404 e. The van der Waals surface area contributed by atoms with Crippen molar-refractivity contribution in [2.45, 2.75) is 11.3 Å². The van der Waals surface area contributed by atoms with E-state index in [1.165, 1.54) is 24.5 Å². The molecule has 0 aliphatic heterocycles. The number of hydrogen-bond acceptors (Lipinski definition) is 5. The molecule has 1 amide bonds. The summed E-state index contributed by atoms with van der Waals surface area (Å²) >= 11 is 6.11. The molecule has 0 saturated carbocycles. The smallest absolute Gasteiger partial charge is 0.404 e. The first-order valence-corrected chi connectivity index (χ1v) is 10.2. The Balaban J connectivity index is 2.17. The summed E-state index contributed by atoms with van der Waals surface area (Å²) < 4.78 is 27.7. The molecule has 29 heavy (non-hydrogen) atoms. The van der Waals surface area contributed by atoms with Crippen LogP contribution in [-0.4, -0.2) is 35.1 Å². The second-order valence-corrected chi connectivity index (χ2v) is 8.15. The Morgan fingerprint density at radius 1 is 1.28 bits per heavy atom. The van der Waals surface area contributed by atoms with Crippen molar-refractivity contribution < 1.29 is 18.3 Å². The fourth-order valence-electron chi connectivity index (χ4n) is 2.80. The Morgan fingerprint density at radius 3 is 2.72 bits per heavy atom. The number of pyridine rings is 1. The van der Waals surface area contributed by atoms with Crippen LogP contribution >= 0.6 is 11.6 Å². The molecule has 0 atom stereocenters. The highest BCUT2D eigenvalue weighted by atomic mass is 35.5. The van der Waals surface area contributed by atoms with E-state index in [2.05, 4.69) is 10.3 Å². The van der Waals surface area contributed by atoms with Crippen LogP contribution in [0.3, 0.4) is 0 Å². The highest BCUT2D eigenvalue weighted by Crippen LogP contribution is 2.31. The van der Waals surface area contributed by atoms with Gasteiger partial charge in [0.1, 0.15) is 16.7 Å². The monoisotopic (exact) mass is 430 g/mol. The van der Waals surface area contributed by atoms with Gasteiger partial charge in [-0.3, -0.25) is 0 Å². The standard InChI is InChI=1S/C19H15ClN4O4S/c20-15-5-1-2-6-18(15)29(27,28)24-12-13(7-9-23-19(25)26)10-17(24)14-4-3-8-22-16(14)11-21/h1-6,8,10,12,23H,7,9H2,(H,25,26). The first kappa shape index (κ1) is 20.4. The Morgan fingerprint density at radius 2 is 2.03 bits per heavy atom. The van der Waals surface area contributed by atoms with Crippen molar-refractivity contribution in [2.75, 3.05) is 6.54 Å². The van der Waals surface area contributed by atoms with Gasteiger partial charge in [0.05, 0.1) is 10.7 Å². The average Bonchev–Trinajstić information content (AvgIpc) is 3.12. The molecule has 0 spiro atoms. The van der Waals surface area contributed by atoms with Crippen molar-refractivity contribution in [3.8, 4) is 17.3 Å². The average molecular weight is 431 g/mol. The van der Waals surface area contributed by atoms with Gasteiger partial charge in [-0.1, -0.05) is 23.7 Å². The fourth-order valence-corrected chi connectivity index (χ4v) is 4.69. The number of nitrogens with one attached hydrogen (secondary N) is 1. The number of rotatable bonds is 6. The molecule has 10 heteroatoms. The molecule has 148 valence electrons. The van der Waals surface area contributed by atoms with Crippen LogP contribution in [-0.2, 0) is 16.4 Å². The number of hydrogen-bond donors (Lipinski definition) is 2. The van der Waals surface area contributed by atoms with Crippen molar-refractivity contribution in [3.05, 3.63) is 71.1 Å². The third-order valence-corrected chi connectivity index (χ3v) is 6.27. The lowest BCUT2D eigenvalue weighted by Crippen LogP contribution is -2.23. The summed E-state index contributed by atoms with van der Waals surface area (Å²) in [6, 6.07) is 12.8. The summed E-state index contributed by atoms with van der Waals surface area (Å²) in [5, 5.41) is 20.4. The minimum absolute atomic E-state index is 0.0629. The van der Waals surface area contributed by atoms with Gasteiger partial charge in [-0.05, 0) is 42.3 Å². The van der Waals surface area contributed by atoms with E-state index in [0.29, 0.717) is 11.1 Å². The Kier molecular flexibility index (Phi) is 5.87. The maximum atomic E-state index is 13.3. The van der Waals surface area contributed by atoms with E-state index in [4.69, 9.17) is 16.7 Å². The third-order valence-electron chi connectivity index (χ3n) is 4.10. The SMILES string of the molecule is N#Cc1ncccc1-c1cc(CCNC(=O)O)cn1S(=O)(=O)c1ccccc1Cl. The van der Waals surface area contributed by atoms with Crippen molar-refractivity contribution in [1.82, 2.24) is 14.3 Å². The largest absolute Gasteiger partial charge is 0.465 e. The number of amides is 1. The van der Waals surface area contributed by atoms with Crippen LogP contribution in [0.1, 0.15) is 11.3 Å². The summed E-state index contributed by atoms with van der Waals surface area (Å²) in [4.78, 5) is 14.6. The van der Waals surface area contributed by atoms with Crippen LogP contribution in [0, 0.1) is 11.3 Å². The van der Waals surface area contributed by atoms with Crippen LogP contribution in [0.5, 0.6) is 0 Å². The van der Waals surface area contributed by atoms with Crippen LogP contribution in [0.4, 0.5) is 4.79 Å². The van der Waals surface area contributed by atoms with Crippen LogP contribution in [0.2, 0.25) is 5.02 Å². The molecule has 0 aliphatic carbocycles. The van der Waals surface area contributed by atoms with Gasteiger partial charge in [0.25, 0.3) is 10.0 Å². The van der Waals surface area contributed by atoms with Crippen molar-refractivity contribution in [1.29, 1.82) is 5.26 Å². The molecule has 8 nitrogen and oxygen atoms in total. The molecule has 2 N–H and O–H groups in total. The number of carboxylic acid groups (broad SMARTS) is 1. The lowest BCUT2D eigenvalue weighted by molar-refractivity contribution is 0.194. The number of nitrogens with zero attached hydrogens (tertiary/aromatic N) is 3. The normalized spacial score (nSPS) is 11.0. The van der Waals surface area contributed by atoms with Gasteiger partial charge in [0, 0.05) is 24.5 Å². The molecule has 3 aromatic rings. The third kappa shape index (κ3) is 4.23. The summed E-state index contributed by atoms with van der Waals surface area (Å²) in [5.74, 6) is 0. The highest BCUT2D eigenvalue weighted by molar-refractivity contribution is 7.90. The Hall–Kier alpha value is -3.35. The van der Waals surface area contributed by atoms with E-state index >= 15 is 0 Å². The van der Waals surface area contributed by atoms with Crippen LogP contribution in [0.25, 0.3) is 11.3 Å². The second-order valence-electron chi connectivity index (χ2n) is 5.96. The molecule has 2 heterocycles. The zero-order chi connectivity index (χ0) is 21.0. The fraction of sp³-hybridized carbons (Fsp3) is 0.105. The molecule has 0 bridgehead atoms. The zero-order valence-corrected chi connectivity index (χ0v) is 16.5. The molecule has 2 aromatic heterocycles. The maximum absolute atomic E-state index is 13.3. The first-order valence-electron chi connectivity index (χ1n) is 8.38. The van der Waals surface area contributed by atoms with Gasteiger partial charge in [-0.2, -0.15) is 5.26 Å². The van der Waals surface area contributed by atoms with Gasteiger partial charge < -0.3 is 10.4 Å². The van der Waals surface area contributed by atoms with Crippen molar-refractivity contribution in [2.24, 2.45) is 0 Å². The number of benzene rings is 1. The summed E-state index contributed by atoms with van der Waals surface area (Å²) in [6.45, 7) is 0.100. The van der Waals surface area contributed by atoms with E-state index in [-0.39, 0.29) is 34.3 Å². The van der Waals surface area contributed by atoms with Gasteiger partial charge in [0.15, 0.2) is 0 Å². The van der Waals surface area contributed by atoms with Gasteiger partial charge in [-0.25, -0.2) is 22.2 Å². The topological polar surface area (TPSA) is 125 Å². The van der Waals surface area contributed by atoms with Crippen molar-refractivity contribution >= 4 is 27.7 Å². The molecular weight excluding hydrogens is 416 g/mol. The molecule has 3 rings (SSSR count). The van der Waals surface area contributed by atoms with Gasteiger partial charge >= 0.3 is 6.09 Å². The van der Waals surface area contributed by atoms with Gasteiger partial charge in [-0.15, -0.1) is 0 Å². The Bertz CT molecular complexity index is 1210. The zero-order valence-electron chi connectivity index (χ0n) is 14.9. The predicted molar refractivity (Wildman–Crippen MR) is 106 cm³/mol. The molecule has 0 unspecified atom stereocenters. The van der Waals surface area contributed by atoms with E-state index in [1.54, 1.807) is 30.3 Å². The highest BCUT2D eigenvalue weighted by Gasteiger charge is 2.25. The van der Waals surface area contributed by atoms with Crippen LogP contribution < -0.4 is 5.32 Å². The molecule has 0 saturated heterocycles. The molecule has 0 radical (unpaired) electrons. The van der Waals surface area contributed by atoms with Crippen molar-refractivity contribution in [3.63, 3.8) is 0 Å².